The molecule has 12 rings (SSSR count). The highest BCUT2D eigenvalue weighted by molar-refractivity contribution is 6.08. The third-order valence-electron chi connectivity index (χ3n) is 13.9. The second-order valence-corrected chi connectivity index (χ2v) is 18.1. The zero-order chi connectivity index (χ0) is 41.7. The van der Waals surface area contributed by atoms with Gasteiger partial charge in [0.1, 0.15) is 11.2 Å². The Hall–Kier alpha value is -7.42. The van der Waals surface area contributed by atoms with Crippen LogP contribution in [0.3, 0.4) is 0 Å². The molecule has 9 aromatic carbocycles. The lowest BCUT2D eigenvalue weighted by Gasteiger charge is -2.29. The number of furan rings is 1. The van der Waals surface area contributed by atoms with Gasteiger partial charge < -0.3 is 9.32 Å². The predicted octanol–water partition coefficient (Wildman–Crippen LogP) is 16.7. The third kappa shape index (κ3) is 5.49. The maximum absolute atomic E-state index is 6.86. The van der Waals surface area contributed by atoms with Crippen LogP contribution >= 0.6 is 0 Å². The second kappa shape index (κ2) is 13.5. The summed E-state index contributed by atoms with van der Waals surface area (Å²) in [6, 6.07) is 73.5. The van der Waals surface area contributed by atoms with Crippen LogP contribution in [0.1, 0.15) is 49.9 Å². The van der Waals surface area contributed by atoms with E-state index >= 15 is 0 Å². The van der Waals surface area contributed by atoms with E-state index in [2.05, 4.69) is 233 Å². The van der Waals surface area contributed by atoms with Crippen LogP contribution in [0.5, 0.6) is 0 Å². The van der Waals surface area contributed by atoms with E-state index < -0.39 is 0 Å². The van der Waals surface area contributed by atoms with Crippen LogP contribution in [0.15, 0.2) is 205 Å². The van der Waals surface area contributed by atoms with Gasteiger partial charge in [-0.2, -0.15) is 0 Å². The SMILES string of the molecule is CC1(C)c2ccccc2-c2ccc(N(c3ccc(-c4ccc(-c5ccccc5)cc4)c(-c4ccccc4)c3)c3ccc4c(c3)oc3cc5c(cc34)C(C)(C)c3ccccc3-5)cc21. The second-order valence-electron chi connectivity index (χ2n) is 18.1. The summed E-state index contributed by atoms with van der Waals surface area (Å²) in [6.07, 6.45) is 0. The van der Waals surface area contributed by atoms with Crippen molar-refractivity contribution in [2.24, 2.45) is 0 Å². The average molecular weight is 796 g/mol. The summed E-state index contributed by atoms with van der Waals surface area (Å²) in [7, 11) is 0. The van der Waals surface area contributed by atoms with Crippen molar-refractivity contribution < 1.29 is 4.42 Å². The minimum Gasteiger partial charge on any atom is -0.456 e. The molecule has 2 heteroatoms. The van der Waals surface area contributed by atoms with Gasteiger partial charge in [0.15, 0.2) is 0 Å². The summed E-state index contributed by atoms with van der Waals surface area (Å²) in [5, 5.41) is 2.28. The minimum absolute atomic E-state index is 0.0893. The van der Waals surface area contributed by atoms with Crippen LogP contribution in [0.4, 0.5) is 17.1 Å². The smallest absolute Gasteiger partial charge is 0.137 e. The first-order chi connectivity index (χ1) is 30.2. The first-order valence-corrected chi connectivity index (χ1v) is 21.7. The van der Waals surface area contributed by atoms with Gasteiger partial charge in [-0.15, -0.1) is 0 Å². The Kier molecular flexibility index (Phi) is 7.96. The zero-order valence-corrected chi connectivity index (χ0v) is 35.4. The summed E-state index contributed by atoms with van der Waals surface area (Å²) < 4.78 is 6.86. The molecule has 0 unspecified atom stereocenters. The van der Waals surface area contributed by atoms with Gasteiger partial charge in [0.05, 0.1) is 0 Å². The van der Waals surface area contributed by atoms with E-state index in [1.54, 1.807) is 0 Å². The summed E-state index contributed by atoms with van der Waals surface area (Å²) in [6.45, 7) is 9.39. The number of rotatable bonds is 6. The molecule has 0 amide bonds. The van der Waals surface area contributed by atoms with E-state index in [4.69, 9.17) is 4.42 Å². The van der Waals surface area contributed by atoms with Gasteiger partial charge in [-0.05, 0) is 126 Å². The molecule has 0 N–H and O–H groups in total. The van der Waals surface area contributed by atoms with E-state index in [0.29, 0.717) is 0 Å². The Balaban J connectivity index is 1.04. The molecule has 1 aromatic heterocycles. The molecule has 1 heterocycles. The van der Waals surface area contributed by atoms with Crippen LogP contribution in [-0.4, -0.2) is 0 Å². The third-order valence-corrected chi connectivity index (χ3v) is 13.9. The molecule has 2 nitrogen and oxygen atoms in total. The van der Waals surface area contributed by atoms with E-state index in [1.807, 2.05) is 0 Å². The fourth-order valence-corrected chi connectivity index (χ4v) is 10.6. The minimum atomic E-state index is -0.145. The number of fused-ring (bicyclic) bond motifs is 9. The monoisotopic (exact) mass is 795 g/mol. The van der Waals surface area contributed by atoms with Crippen molar-refractivity contribution in [2.75, 3.05) is 4.90 Å². The van der Waals surface area contributed by atoms with Gasteiger partial charge in [-0.3, -0.25) is 0 Å². The number of anilines is 3. The number of hydrogen-bond acceptors (Lipinski definition) is 2. The first kappa shape index (κ1) is 36.4. The highest BCUT2D eigenvalue weighted by Gasteiger charge is 2.37. The fraction of sp³-hybridized carbons (Fsp3) is 0.100. The molecule has 62 heavy (non-hydrogen) atoms. The Labute approximate surface area is 363 Å². The maximum Gasteiger partial charge on any atom is 0.137 e. The standard InChI is InChI=1S/C60H45NO/c1-59(2)53-21-13-11-19-46(53)48-31-28-43(34-55(48)59)61(44-29-32-49-52-36-56-51(37-58(52)62-57(49)35-44)47-20-12-14-22-54(47)60(56,3)4)42-27-30-45(50(33-42)40-17-9-6-10-18-40)41-25-23-39(24-26-41)38-15-7-5-8-16-38/h5-37H,1-4H3. The maximum atomic E-state index is 6.86. The van der Waals surface area contributed by atoms with Crippen molar-refractivity contribution in [3.8, 4) is 55.6 Å². The highest BCUT2D eigenvalue weighted by atomic mass is 16.3. The molecule has 0 saturated carbocycles. The lowest BCUT2D eigenvalue weighted by Crippen LogP contribution is -2.16. The van der Waals surface area contributed by atoms with Gasteiger partial charge in [0.25, 0.3) is 0 Å². The van der Waals surface area contributed by atoms with Crippen molar-refractivity contribution in [2.45, 2.75) is 38.5 Å². The van der Waals surface area contributed by atoms with Gasteiger partial charge in [0, 0.05) is 44.7 Å². The van der Waals surface area contributed by atoms with Crippen molar-refractivity contribution >= 4 is 39.0 Å². The average Bonchev–Trinajstić information content (AvgIpc) is 3.87. The molecule has 296 valence electrons. The lowest BCUT2D eigenvalue weighted by atomic mass is 9.82. The zero-order valence-electron chi connectivity index (χ0n) is 35.4. The molecule has 2 aliphatic rings. The molecule has 0 fully saturated rings. The molecule has 2 aliphatic carbocycles. The Bertz CT molecular complexity index is 3390. The molecule has 0 atom stereocenters. The quantitative estimate of drug-likeness (QED) is 0.167. The molecule has 0 saturated heterocycles. The molecule has 0 bridgehead atoms. The molecule has 10 aromatic rings. The van der Waals surface area contributed by atoms with Gasteiger partial charge in [-0.1, -0.05) is 173 Å². The van der Waals surface area contributed by atoms with Crippen LogP contribution < -0.4 is 4.90 Å². The fourth-order valence-electron chi connectivity index (χ4n) is 10.6. The first-order valence-electron chi connectivity index (χ1n) is 21.7. The van der Waals surface area contributed by atoms with E-state index in [0.717, 1.165) is 39.0 Å². The van der Waals surface area contributed by atoms with Crippen LogP contribution in [0, 0.1) is 0 Å². The number of benzene rings is 9. The predicted molar refractivity (Wildman–Crippen MR) is 260 cm³/mol. The molecular formula is C60H45NO. The van der Waals surface area contributed by atoms with Crippen LogP contribution in [0.2, 0.25) is 0 Å². The number of nitrogens with zero attached hydrogens (tertiary/aromatic N) is 1. The lowest BCUT2D eigenvalue weighted by molar-refractivity contribution is 0.657. The van der Waals surface area contributed by atoms with Crippen molar-refractivity contribution in [3.63, 3.8) is 0 Å². The summed E-state index contributed by atoms with van der Waals surface area (Å²) >= 11 is 0. The summed E-state index contributed by atoms with van der Waals surface area (Å²) in [5.74, 6) is 0. The molecule has 0 spiro atoms. The molecule has 0 aliphatic heterocycles. The normalized spacial score (nSPS) is 14.1. The van der Waals surface area contributed by atoms with E-state index in [9.17, 15) is 0 Å². The number of hydrogen-bond donors (Lipinski definition) is 0. The van der Waals surface area contributed by atoms with Crippen molar-refractivity contribution in [1.82, 2.24) is 0 Å². The van der Waals surface area contributed by atoms with E-state index in [1.165, 1.54) is 77.9 Å². The molecule has 0 radical (unpaired) electrons. The Morgan fingerprint density at radius 2 is 0.774 bits per heavy atom. The van der Waals surface area contributed by atoms with Crippen molar-refractivity contribution in [1.29, 1.82) is 0 Å². The van der Waals surface area contributed by atoms with Gasteiger partial charge >= 0.3 is 0 Å². The largest absolute Gasteiger partial charge is 0.456 e. The summed E-state index contributed by atoms with van der Waals surface area (Å²) in [4.78, 5) is 2.42. The van der Waals surface area contributed by atoms with Crippen LogP contribution in [-0.2, 0) is 10.8 Å². The van der Waals surface area contributed by atoms with Crippen molar-refractivity contribution in [3.05, 3.63) is 222 Å². The van der Waals surface area contributed by atoms with Gasteiger partial charge in [0.2, 0.25) is 0 Å². The highest BCUT2D eigenvalue weighted by Crippen LogP contribution is 2.53. The van der Waals surface area contributed by atoms with E-state index in [-0.39, 0.29) is 10.8 Å². The molecular weight excluding hydrogens is 751 g/mol. The topological polar surface area (TPSA) is 16.4 Å². The van der Waals surface area contributed by atoms with Gasteiger partial charge in [-0.25, -0.2) is 0 Å². The summed E-state index contributed by atoms with van der Waals surface area (Å²) in [5.41, 5.74) is 22.6. The van der Waals surface area contributed by atoms with Crippen LogP contribution in [0.25, 0.3) is 77.6 Å². The Morgan fingerprint density at radius 1 is 0.306 bits per heavy atom. The Morgan fingerprint density at radius 3 is 1.47 bits per heavy atom.